The summed E-state index contributed by atoms with van der Waals surface area (Å²) in [5.74, 6) is -1.68. The van der Waals surface area contributed by atoms with Crippen LogP contribution in [0.4, 0.5) is 11.4 Å². The van der Waals surface area contributed by atoms with E-state index in [9.17, 15) is 14.7 Å². The van der Waals surface area contributed by atoms with Crippen LogP contribution in [-0.4, -0.2) is 16.9 Å². The molecule has 0 spiro atoms. The maximum Gasteiger partial charge on any atom is 0.314 e. The number of carbonyl (C=O) groups excluding carboxylic acids is 2. The Morgan fingerprint density at radius 3 is 2.16 bits per heavy atom. The fraction of sp³-hybridized carbons (Fsp3) is 0. The van der Waals surface area contributed by atoms with Crippen molar-refractivity contribution >= 4 is 34.0 Å². The van der Waals surface area contributed by atoms with Crippen molar-refractivity contribution in [1.29, 1.82) is 5.26 Å². The van der Waals surface area contributed by atoms with Gasteiger partial charge in [-0.2, -0.15) is 5.26 Å². The summed E-state index contributed by atoms with van der Waals surface area (Å²) in [6.07, 6.45) is 0. The number of amides is 2. The number of benzene rings is 3. The Morgan fingerprint density at radius 2 is 1.40 bits per heavy atom. The minimum absolute atomic E-state index is 0.0843. The predicted molar refractivity (Wildman–Crippen MR) is 94.0 cm³/mol. The molecule has 3 rings (SSSR count). The van der Waals surface area contributed by atoms with E-state index in [-0.39, 0.29) is 17.0 Å². The molecule has 3 aromatic rings. The number of rotatable bonds is 2. The highest BCUT2D eigenvalue weighted by Crippen LogP contribution is 2.29. The van der Waals surface area contributed by atoms with Crippen molar-refractivity contribution in [3.05, 3.63) is 66.2 Å². The lowest BCUT2D eigenvalue weighted by atomic mass is 10.1. The number of nitriles is 1. The van der Waals surface area contributed by atoms with Crippen LogP contribution in [0.3, 0.4) is 0 Å². The van der Waals surface area contributed by atoms with Gasteiger partial charge >= 0.3 is 11.8 Å². The number of phenols is 1. The molecule has 3 aromatic carbocycles. The number of phenolic OH excluding ortho intramolecular Hbond substituents is 1. The molecule has 2 amide bonds. The lowest BCUT2D eigenvalue weighted by Gasteiger charge is -2.10. The van der Waals surface area contributed by atoms with E-state index in [0.717, 1.165) is 0 Å². The van der Waals surface area contributed by atoms with E-state index in [1.165, 1.54) is 0 Å². The van der Waals surface area contributed by atoms with Crippen LogP contribution in [0, 0.1) is 11.3 Å². The van der Waals surface area contributed by atoms with Gasteiger partial charge in [0.1, 0.15) is 11.8 Å². The zero-order valence-corrected chi connectivity index (χ0v) is 13.0. The molecular formula is C19H13N3O3. The van der Waals surface area contributed by atoms with Gasteiger partial charge in [-0.25, -0.2) is 0 Å². The first-order chi connectivity index (χ1) is 12.1. The number of hydrogen-bond donors (Lipinski definition) is 3. The van der Waals surface area contributed by atoms with Gasteiger partial charge in [-0.05, 0) is 24.3 Å². The van der Waals surface area contributed by atoms with E-state index in [4.69, 9.17) is 5.26 Å². The maximum atomic E-state index is 12.2. The molecule has 0 bridgehead atoms. The van der Waals surface area contributed by atoms with Crippen molar-refractivity contribution in [3.8, 4) is 11.8 Å². The van der Waals surface area contributed by atoms with Crippen LogP contribution < -0.4 is 10.6 Å². The van der Waals surface area contributed by atoms with E-state index in [0.29, 0.717) is 16.5 Å². The molecule has 0 atom stereocenters. The zero-order chi connectivity index (χ0) is 17.8. The average molecular weight is 331 g/mol. The molecular weight excluding hydrogens is 318 g/mol. The van der Waals surface area contributed by atoms with Gasteiger partial charge in [0.15, 0.2) is 0 Å². The summed E-state index contributed by atoms with van der Waals surface area (Å²) in [6.45, 7) is 0. The second-order valence-corrected chi connectivity index (χ2v) is 5.24. The van der Waals surface area contributed by atoms with Crippen molar-refractivity contribution in [2.24, 2.45) is 0 Å². The summed E-state index contributed by atoms with van der Waals surface area (Å²) in [4.78, 5) is 24.3. The normalized spacial score (nSPS) is 10.0. The van der Waals surface area contributed by atoms with Crippen LogP contribution >= 0.6 is 0 Å². The van der Waals surface area contributed by atoms with E-state index in [1.54, 1.807) is 60.7 Å². The number of para-hydroxylation sites is 1. The van der Waals surface area contributed by atoms with Crippen LogP contribution in [-0.2, 0) is 9.59 Å². The van der Waals surface area contributed by atoms with E-state index < -0.39 is 11.8 Å². The highest BCUT2D eigenvalue weighted by molar-refractivity contribution is 6.44. The Morgan fingerprint density at radius 1 is 0.800 bits per heavy atom. The van der Waals surface area contributed by atoms with Crippen LogP contribution in [0.15, 0.2) is 60.7 Å². The largest absolute Gasteiger partial charge is 0.507 e. The average Bonchev–Trinajstić information content (AvgIpc) is 2.63. The van der Waals surface area contributed by atoms with Crippen molar-refractivity contribution in [1.82, 2.24) is 0 Å². The molecule has 0 saturated carbocycles. The van der Waals surface area contributed by atoms with Gasteiger partial charge in [-0.3, -0.25) is 9.59 Å². The third kappa shape index (κ3) is 3.26. The van der Waals surface area contributed by atoms with Crippen molar-refractivity contribution in [3.63, 3.8) is 0 Å². The summed E-state index contributed by atoms with van der Waals surface area (Å²) >= 11 is 0. The molecule has 0 unspecified atom stereocenters. The van der Waals surface area contributed by atoms with Gasteiger partial charge in [0.25, 0.3) is 0 Å². The first kappa shape index (κ1) is 16.0. The third-order valence-electron chi connectivity index (χ3n) is 3.65. The molecule has 122 valence electrons. The fourth-order valence-electron chi connectivity index (χ4n) is 2.45. The second-order valence-electron chi connectivity index (χ2n) is 5.24. The monoisotopic (exact) mass is 331 g/mol. The first-order valence-corrected chi connectivity index (χ1v) is 7.42. The van der Waals surface area contributed by atoms with Gasteiger partial charge < -0.3 is 15.7 Å². The molecule has 25 heavy (non-hydrogen) atoms. The van der Waals surface area contributed by atoms with E-state index >= 15 is 0 Å². The van der Waals surface area contributed by atoms with Gasteiger partial charge in [0.05, 0.1) is 11.3 Å². The molecule has 0 heterocycles. The van der Waals surface area contributed by atoms with Crippen LogP contribution in [0.2, 0.25) is 0 Å². The summed E-state index contributed by atoms with van der Waals surface area (Å²) in [7, 11) is 0. The van der Waals surface area contributed by atoms with Crippen LogP contribution in [0.25, 0.3) is 10.8 Å². The third-order valence-corrected chi connectivity index (χ3v) is 3.65. The zero-order valence-electron chi connectivity index (χ0n) is 13.0. The van der Waals surface area contributed by atoms with Gasteiger partial charge in [-0.15, -0.1) is 0 Å². The molecule has 0 aliphatic heterocycles. The minimum atomic E-state index is -0.889. The minimum Gasteiger partial charge on any atom is -0.507 e. The number of nitrogens with zero attached hydrogens (tertiary/aromatic N) is 1. The molecule has 0 aliphatic carbocycles. The van der Waals surface area contributed by atoms with Crippen molar-refractivity contribution in [2.75, 3.05) is 10.6 Å². The summed E-state index contributed by atoms with van der Waals surface area (Å²) in [5.41, 5.74) is 0.932. The Balaban J connectivity index is 1.82. The number of nitrogens with one attached hydrogen (secondary N) is 2. The van der Waals surface area contributed by atoms with E-state index in [2.05, 4.69) is 10.6 Å². The van der Waals surface area contributed by atoms with Gasteiger partial charge in [0.2, 0.25) is 0 Å². The Kier molecular flexibility index (Phi) is 4.31. The second kappa shape index (κ2) is 6.72. The van der Waals surface area contributed by atoms with Crippen LogP contribution in [0.1, 0.15) is 5.56 Å². The van der Waals surface area contributed by atoms with Crippen molar-refractivity contribution in [2.45, 2.75) is 0 Å². The Labute approximate surface area is 143 Å². The SMILES string of the molecule is N#Cc1ccccc1NC(=O)C(=O)Nc1cccc2c(O)cccc12. The number of anilines is 2. The van der Waals surface area contributed by atoms with Gasteiger partial charge in [0, 0.05) is 16.5 Å². The fourth-order valence-corrected chi connectivity index (χ4v) is 2.45. The maximum absolute atomic E-state index is 12.2. The molecule has 6 nitrogen and oxygen atoms in total. The highest BCUT2D eigenvalue weighted by atomic mass is 16.3. The predicted octanol–water partition coefficient (Wildman–Crippen LogP) is 2.99. The topological polar surface area (TPSA) is 102 Å². The van der Waals surface area contributed by atoms with Gasteiger partial charge in [-0.1, -0.05) is 36.4 Å². The number of fused-ring (bicyclic) bond motifs is 1. The van der Waals surface area contributed by atoms with Crippen LogP contribution in [0.5, 0.6) is 5.75 Å². The molecule has 0 aromatic heterocycles. The molecule has 0 saturated heterocycles. The molecule has 0 radical (unpaired) electrons. The smallest absolute Gasteiger partial charge is 0.314 e. The summed E-state index contributed by atoms with van der Waals surface area (Å²) in [5, 5.41) is 25.0. The number of hydrogen-bond acceptors (Lipinski definition) is 4. The first-order valence-electron chi connectivity index (χ1n) is 7.42. The quantitative estimate of drug-likeness (QED) is 0.628. The van der Waals surface area contributed by atoms with E-state index in [1.807, 2.05) is 6.07 Å². The molecule has 6 heteroatoms. The van der Waals surface area contributed by atoms with Crippen molar-refractivity contribution < 1.29 is 14.7 Å². The summed E-state index contributed by atoms with van der Waals surface area (Å²) < 4.78 is 0. The Hall–Kier alpha value is -3.85. The Bertz CT molecular complexity index is 1020. The highest BCUT2D eigenvalue weighted by Gasteiger charge is 2.16. The lowest BCUT2D eigenvalue weighted by molar-refractivity contribution is -0.132. The molecule has 0 aliphatic rings. The standard InChI is InChI=1S/C19H13N3O3/c20-11-12-5-1-2-8-15(12)21-18(24)19(25)22-16-9-3-7-14-13(16)6-4-10-17(14)23/h1-10,23H,(H,21,24)(H,22,25). The molecule has 3 N–H and O–H groups in total. The number of aromatic hydroxyl groups is 1. The summed E-state index contributed by atoms with van der Waals surface area (Å²) in [6, 6.07) is 18.3. The number of carbonyl (C=O) groups is 2. The molecule has 0 fully saturated rings. The lowest BCUT2D eigenvalue weighted by Crippen LogP contribution is -2.29.